The first kappa shape index (κ1) is 20.5. The number of likely N-dealkylation sites (tertiary alicyclic amines) is 1. The predicted molar refractivity (Wildman–Crippen MR) is 98.8 cm³/mol. The van der Waals surface area contributed by atoms with E-state index in [4.69, 9.17) is 14.2 Å². The lowest BCUT2D eigenvalue weighted by molar-refractivity contribution is -0.138. The molecule has 1 saturated heterocycles. The maximum atomic E-state index is 12.5. The van der Waals surface area contributed by atoms with E-state index in [2.05, 4.69) is 4.98 Å². The molecule has 1 aromatic heterocycles. The maximum Gasteiger partial charge on any atom is 0.417 e. The van der Waals surface area contributed by atoms with Crippen molar-refractivity contribution < 1.29 is 32.2 Å². The van der Waals surface area contributed by atoms with Crippen molar-refractivity contribution in [3.63, 3.8) is 0 Å². The molecule has 9 heteroatoms. The van der Waals surface area contributed by atoms with Crippen LogP contribution in [0.3, 0.4) is 0 Å². The molecule has 1 amide bonds. The molecule has 154 valence electrons. The van der Waals surface area contributed by atoms with E-state index < -0.39 is 11.7 Å². The molecule has 29 heavy (non-hydrogen) atoms. The van der Waals surface area contributed by atoms with Gasteiger partial charge in [0.1, 0.15) is 6.10 Å². The number of nitrogens with zero attached hydrogens (tertiary/aromatic N) is 2. The first-order chi connectivity index (χ1) is 13.8. The second kappa shape index (κ2) is 8.42. The molecule has 0 saturated carbocycles. The molecule has 2 aromatic rings. The summed E-state index contributed by atoms with van der Waals surface area (Å²) in [6.07, 6.45) is -0.921. The Hall–Kier alpha value is -3.23. The number of methoxy groups -OCH3 is 2. The lowest BCUT2D eigenvalue weighted by Crippen LogP contribution is -2.55. The average molecular weight is 408 g/mol. The number of aromatic nitrogens is 1. The maximum absolute atomic E-state index is 12.5. The quantitative estimate of drug-likeness (QED) is 0.686. The molecule has 0 radical (unpaired) electrons. The Labute approximate surface area is 165 Å². The van der Waals surface area contributed by atoms with Gasteiger partial charge in [0.05, 0.1) is 32.9 Å². The van der Waals surface area contributed by atoms with Crippen molar-refractivity contribution in [3.8, 4) is 17.4 Å². The van der Waals surface area contributed by atoms with Crippen molar-refractivity contribution in [3.05, 3.63) is 53.7 Å². The number of rotatable bonds is 6. The molecule has 0 spiro atoms. The summed E-state index contributed by atoms with van der Waals surface area (Å²) in [6, 6.07) is 7.37. The van der Waals surface area contributed by atoms with E-state index >= 15 is 0 Å². The van der Waals surface area contributed by atoms with Gasteiger partial charge in [-0.05, 0) is 29.8 Å². The van der Waals surface area contributed by atoms with Gasteiger partial charge in [-0.25, -0.2) is 4.98 Å². The molecule has 0 N–H and O–H groups in total. The van der Waals surface area contributed by atoms with Gasteiger partial charge in [0, 0.05) is 18.3 Å². The SMILES string of the molecule is COc1ccc(/C=C/C(=O)N2CC(Oc3ccc(C(F)(F)F)cn3)C2)cc1OC. The topological polar surface area (TPSA) is 60.9 Å². The largest absolute Gasteiger partial charge is 0.493 e. The minimum Gasteiger partial charge on any atom is -0.493 e. The van der Waals surface area contributed by atoms with Gasteiger partial charge >= 0.3 is 6.18 Å². The molecule has 1 aliphatic heterocycles. The van der Waals surface area contributed by atoms with Gasteiger partial charge in [-0.15, -0.1) is 0 Å². The number of amides is 1. The minimum atomic E-state index is -4.44. The first-order valence-corrected chi connectivity index (χ1v) is 8.69. The summed E-state index contributed by atoms with van der Waals surface area (Å²) in [5.74, 6) is 1.05. The normalized spacial score (nSPS) is 14.6. The van der Waals surface area contributed by atoms with E-state index in [1.807, 2.05) is 0 Å². The number of halogens is 3. The summed E-state index contributed by atoms with van der Waals surface area (Å²) in [7, 11) is 3.07. The van der Waals surface area contributed by atoms with Gasteiger partial charge in [0.2, 0.25) is 11.8 Å². The third-order valence-electron chi connectivity index (χ3n) is 4.34. The molecular weight excluding hydrogens is 389 g/mol. The van der Waals surface area contributed by atoms with E-state index in [0.717, 1.165) is 17.8 Å². The van der Waals surface area contributed by atoms with E-state index in [-0.39, 0.29) is 17.9 Å². The van der Waals surface area contributed by atoms with Crippen LogP contribution in [0.1, 0.15) is 11.1 Å². The Morgan fingerprint density at radius 2 is 1.86 bits per heavy atom. The Kier molecular flexibility index (Phi) is 5.95. The van der Waals surface area contributed by atoms with E-state index in [1.165, 1.54) is 19.3 Å². The third kappa shape index (κ3) is 4.98. The highest BCUT2D eigenvalue weighted by Gasteiger charge is 2.33. The van der Waals surface area contributed by atoms with Crippen LogP contribution in [0.2, 0.25) is 0 Å². The van der Waals surface area contributed by atoms with Crippen molar-refractivity contribution in [1.29, 1.82) is 0 Å². The van der Waals surface area contributed by atoms with Gasteiger partial charge in [0.15, 0.2) is 11.5 Å². The zero-order valence-electron chi connectivity index (χ0n) is 15.8. The first-order valence-electron chi connectivity index (χ1n) is 8.69. The molecule has 1 aromatic carbocycles. The summed E-state index contributed by atoms with van der Waals surface area (Å²) >= 11 is 0. The van der Waals surface area contributed by atoms with Crippen LogP contribution < -0.4 is 14.2 Å². The van der Waals surface area contributed by atoms with Gasteiger partial charge in [0.25, 0.3) is 0 Å². The Bertz CT molecular complexity index is 892. The fraction of sp³-hybridized carbons (Fsp3) is 0.300. The molecule has 6 nitrogen and oxygen atoms in total. The zero-order chi connectivity index (χ0) is 21.0. The van der Waals surface area contributed by atoms with Crippen LogP contribution >= 0.6 is 0 Å². The number of ether oxygens (including phenoxy) is 3. The number of hydrogen-bond acceptors (Lipinski definition) is 5. The number of hydrogen-bond donors (Lipinski definition) is 0. The summed E-state index contributed by atoms with van der Waals surface area (Å²) in [4.78, 5) is 17.4. The minimum absolute atomic E-state index is 0.0935. The Balaban J connectivity index is 1.50. The molecular formula is C20H19F3N2O4. The van der Waals surface area contributed by atoms with Crippen LogP contribution in [0.5, 0.6) is 17.4 Å². The highest BCUT2D eigenvalue weighted by Crippen LogP contribution is 2.30. The molecule has 0 bridgehead atoms. The number of carbonyl (C=O) groups excluding carboxylic acids is 1. The fourth-order valence-corrected chi connectivity index (χ4v) is 2.71. The number of benzene rings is 1. The van der Waals surface area contributed by atoms with Crippen LogP contribution in [0, 0.1) is 0 Å². The summed E-state index contributed by atoms with van der Waals surface area (Å²) in [5.41, 5.74) is -0.0613. The highest BCUT2D eigenvalue weighted by molar-refractivity contribution is 5.92. The van der Waals surface area contributed by atoms with E-state index in [9.17, 15) is 18.0 Å². The van der Waals surface area contributed by atoms with Crippen molar-refractivity contribution in [2.24, 2.45) is 0 Å². The lowest BCUT2D eigenvalue weighted by Gasteiger charge is -2.38. The second-order valence-corrected chi connectivity index (χ2v) is 6.31. The van der Waals surface area contributed by atoms with Gasteiger partial charge < -0.3 is 19.1 Å². The van der Waals surface area contributed by atoms with E-state index in [1.54, 1.807) is 36.3 Å². The molecule has 0 atom stereocenters. The molecule has 3 rings (SSSR count). The standard InChI is InChI=1S/C20H19F3N2O4/c1-27-16-6-3-13(9-17(16)28-2)4-8-19(26)25-11-15(12-25)29-18-7-5-14(10-24-18)20(21,22)23/h3-10,15H,11-12H2,1-2H3/b8-4+. The van der Waals surface area contributed by atoms with Gasteiger partial charge in [-0.3, -0.25) is 4.79 Å². The second-order valence-electron chi connectivity index (χ2n) is 6.31. The number of pyridine rings is 1. The van der Waals surface area contributed by atoms with Crippen LogP contribution in [-0.4, -0.2) is 49.2 Å². The molecule has 0 aliphatic carbocycles. The molecule has 1 aliphatic rings. The van der Waals surface area contributed by atoms with Crippen LogP contribution in [-0.2, 0) is 11.0 Å². The summed E-state index contributed by atoms with van der Waals surface area (Å²) in [5, 5.41) is 0. The van der Waals surface area contributed by atoms with Crippen molar-refractivity contribution in [2.45, 2.75) is 12.3 Å². The zero-order valence-corrected chi connectivity index (χ0v) is 15.8. The Morgan fingerprint density at radius 3 is 2.45 bits per heavy atom. The third-order valence-corrected chi connectivity index (χ3v) is 4.34. The van der Waals surface area contributed by atoms with E-state index in [0.29, 0.717) is 24.6 Å². The highest BCUT2D eigenvalue weighted by atomic mass is 19.4. The van der Waals surface area contributed by atoms with Crippen LogP contribution in [0.15, 0.2) is 42.6 Å². The Morgan fingerprint density at radius 1 is 1.14 bits per heavy atom. The summed E-state index contributed by atoms with van der Waals surface area (Å²) < 4.78 is 53.5. The van der Waals surface area contributed by atoms with Crippen molar-refractivity contribution in [2.75, 3.05) is 27.3 Å². The van der Waals surface area contributed by atoms with Crippen LogP contribution in [0.4, 0.5) is 13.2 Å². The van der Waals surface area contributed by atoms with Gasteiger partial charge in [-0.1, -0.05) is 6.07 Å². The molecule has 0 unspecified atom stereocenters. The number of alkyl halides is 3. The lowest BCUT2D eigenvalue weighted by atomic mass is 10.1. The predicted octanol–water partition coefficient (Wildman–Crippen LogP) is 3.42. The summed E-state index contributed by atoms with van der Waals surface area (Å²) in [6.45, 7) is 0.662. The van der Waals surface area contributed by atoms with Gasteiger partial charge in [-0.2, -0.15) is 13.2 Å². The van der Waals surface area contributed by atoms with Crippen LogP contribution in [0.25, 0.3) is 6.08 Å². The monoisotopic (exact) mass is 408 g/mol. The fourth-order valence-electron chi connectivity index (χ4n) is 2.71. The van der Waals surface area contributed by atoms with Crippen molar-refractivity contribution in [1.82, 2.24) is 9.88 Å². The number of carbonyl (C=O) groups is 1. The smallest absolute Gasteiger partial charge is 0.417 e. The average Bonchev–Trinajstić information content (AvgIpc) is 2.68. The molecule has 1 fully saturated rings. The molecule has 2 heterocycles. The van der Waals surface area contributed by atoms with Crippen molar-refractivity contribution >= 4 is 12.0 Å².